The minimum atomic E-state index is -0.959. The third kappa shape index (κ3) is 5.06. The number of nitrogens with one attached hydrogen (secondary N) is 1. The van der Waals surface area contributed by atoms with E-state index >= 15 is 0 Å². The van der Waals surface area contributed by atoms with Gasteiger partial charge in [-0.15, -0.1) is 0 Å². The molecule has 0 radical (unpaired) electrons. The van der Waals surface area contributed by atoms with Crippen LogP contribution in [0.3, 0.4) is 0 Å². The Bertz CT molecular complexity index is 618. The number of likely N-dealkylation sites (tertiary alicyclic amines) is 1. The molecular formula is C17H24N2O4S. The molecule has 2 rings (SSSR count). The number of carbonyl (C=O) groups is 2. The van der Waals surface area contributed by atoms with E-state index in [0.717, 1.165) is 11.3 Å². The number of amides is 2. The SMILES string of the molecule is COc1ccc(CN2C[C@H](C(=O)N[C@@H](C)C[S@@](C)=O)CC2=O)cc1. The van der Waals surface area contributed by atoms with Gasteiger partial charge in [0.15, 0.2) is 0 Å². The van der Waals surface area contributed by atoms with Gasteiger partial charge in [0.05, 0.1) is 13.0 Å². The summed E-state index contributed by atoms with van der Waals surface area (Å²) in [6.07, 6.45) is 1.84. The quantitative estimate of drug-likeness (QED) is 0.792. The Balaban J connectivity index is 1.90. The van der Waals surface area contributed by atoms with Crippen LogP contribution in [0.25, 0.3) is 0 Å². The van der Waals surface area contributed by atoms with Crippen LogP contribution in [0.5, 0.6) is 5.75 Å². The van der Waals surface area contributed by atoms with Gasteiger partial charge >= 0.3 is 0 Å². The van der Waals surface area contributed by atoms with Gasteiger partial charge in [-0.1, -0.05) is 12.1 Å². The number of rotatable bonds is 7. The smallest absolute Gasteiger partial charge is 0.225 e. The maximum absolute atomic E-state index is 12.3. The minimum Gasteiger partial charge on any atom is -0.497 e. The fourth-order valence-corrected chi connectivity index (χ4v) is 3.59. The first-order valence-corrected chi connectivity index (χ1v) is 9.63. The molecule has 3 atom stereocenters. The topological polar surface area (TPSA) is 75.7 Å². The Hall–Kier alpha value is -1.89. The molecule has 1 aromatic rings. The molecule has 7 heteroatoms. The lowest BCUT2D eigenvalue weighted by atomic mass is 10.1. The van der Waals surface area contributed by atoms with E-state index in [-0.39, 0.29) is 30.2 Å². The second-order valence-electron chi connectivity index (χ2n) is 6.17. The third-order valence-electron chi connectivity index (χ3n) is 3.99. The molecule has 0 spiro atoms. The molecule has 1 aliphatic heterocycles. The van der Waals surface area contributed by atoms with Gasteiger partial charge in [0.25, 0.3) is 0 Å². The van der Waals surface area contributed by atoms with Gasteiger partial charge in [-0.25, -0.2) is 0 Å². The van der Waals surface area contributed by atoms with Crippen molar-refractivity contribution in [3.8, 4) is 5.75 Å². The second-order valence-corrected chi connectivity index (χ2v) is 7.65. The molecule has 1 aliphatic rings. The van der Waals surface area contributed by atoms with Crippen LogP contribution < -0.4 is 10.1 Å². The lowest BCUT2D eigenvalue weighted by Gasteiger charge is -2.18. The van der Waals surface area contributed by atoms with Crippen LogP contribution in [0.1, 0.15) is 18.9 Å². The number of nitrogens with zero attached hydrogens (tertiary/aromatic N) is 1. The predicted octanol–water partition coefficient (Wildman–Crippen LogP) is 0.927. The number of methoxy groups -OCH3 is 1. The molecule has 132 valence electrons. The lowest BCUT2D eigenvalue weighted by molar-refractivity contribution is -0.129. The summed E-state index contributed by atoms with van der Waals surface area (Å²) in [7, 11) is 0.649. The molecule has 0 aromatic heterocycles. The fraction of sp³-hybridized carbons (Fsp3) is 0.529. The van der Waals surface area contributed by atoms with Crippen molar-refractivity contribution in [3.05, 3.63) is 29.8 Å². The maximum atomic E-state index is 12.3. The molecule has 1 aromatic carbocycles. The molecular weight excluding hydrogens is 328 g/mol. The maximum Gasteiger partial charge on any atom is 0.225 e. The van der Waals surface area contributed by atoms with Gasteiger partial charge < -0.3 is 15.0 Å². The molecule has 0 unspecified atom stereocenters. The summed E-state index contributed by atoms with van der Waals surface area (Å²) in [6, 6.07) is 7.38. The molecule has 0 bridgehead atoms. The number of hydrogen-bond acceptors (Lipinski definition) is 4. The highest BCUT2D eigenvalue weighted by molar-refractivity contribution is 7.84. The average molecular weight is 352 g/mol. The lowest BCUT2D eigenvalue weighted by Crippen LogP contribution is -2.40. The molecule has 1 fully saturated rings. The molecule has 2 amide bonds. The van der Waals surface area contributed by atoms with Crippen LogP contribution >= 0.6 is 0 Å². The highest BCUT2D eigenvalue weighted by atomic mass is 32.2. The van der Waals surface area contributed by atoms with Gasteiger partial charge in [0.1, 0.15) is 5.75 Å². The van der Waals surface area contributed by atoms with Crippen molar-refractivity contribution in [3.63, 3.8) is 0 Å². The van der Waals surface area contributed by atoms with Crippen LogP contribution in [0.4, 0.5) is 0 Å². The number of carbonyl (C=O) groups excluding carboxylic acids is 2. The number of benzene rings is 1. The zero-order valence-electron chi connectivity index (χ0n) is 14.3. The van der Waals surface area contributed by atoms with E-state index in [4.69, 9.17) is 4.74 Å². The summed E-state index contributed by atoms with van der Waals surface area (Å²) in [6.45, 7) is 2.73. The Morgan fingerprint density at radius 2 is 2.08 bits per heavy atom. The summed E-state index contributed by atoms with van der Waals surface area (Å²) < 4.78 is 16.3. The van der Waals surface area contributed by atoms with Crippen LogP contribution in [-0.4, -0.2) is 52.6 Å². The molecule has 0 aliphatic carbocycles. The molecule has 1 N–H and O–H groups in total. The molecule has 0 saturated carbocycles. The van der Waals surface area contributed by atoms with Crippen molar-refractivity contribution in [2.75, 3.05) is 25.7 Å². The molecule has 1 heterocycles. The van der Waals surface area contributed by atoms with E-state index in [2.05, 4.69) is 5.32 Å². The van der Waals surface area contributed by atoms with E-state index in [9.17, 15) is 13.8 Å². The fourth-order valence-electron chi connectivity index (χ4n) is 2.81. The van der Waals surface area contributed by atoms with E-state index in [1.807, 2.05) is 31.2 Å². The molecule has 6 nitrogen and oxygen atoms in total. The number of ether oxygens (including phenoxy) is 1. The van der Waals surface area contributed by atoms with Gasteiger partial charge in [-0.3, -0.25) is 13.8 Å². The van der Waals surface area contributed by atoms with Crippen LogP contribution in [-0.2, 0) is 26.9 Å². The Kier molecular flexibility index (Phi) is 6.36. The molecule has 24 heavy (non-hydrogen) atoms. The Morgan fingerprint density at radius 1 is 1.42 bits per heavy atom. The average Bonchev–Trinajstić information content (AvgIpc) is 2.88. The van der Waals surface area contributed by atoms with Crippen LogP contribution in [0.15, 0.2) is 24.3 Å². The van der Waals surface area contributed by atoms with E-state index in [1.54, 1.807) is 18.3 Å². The number of hydrogen-bond donors (Lipinski definition) is 1. The van der Waals surface area contributed by atoms with Gasteiger partial charge in [-0.2, -0.15) is 0 Å². The monoisotopic (exact) mass is 352 g/mol. The summed E-state index contributed by atoms with van der Waals surface area (Å²) in [5, 5.41) is 2.85. The summed E-state index contributed by atoms with van der Waals surface area (Å²) in [4.78, 5) is 26.1. The first-order chi connectivity index (χ1) is 11.4. The van der Waals surface area contributed by atoms with E-state index < -0.39 is 10.8 Å². The zero-order chi connectivity index (χ0) is 17.7. The van der Waals surface area contributed by atoms with Crippen molar-refractivity contribution < 1.29 is 18.5 Å². The highest BCUT2D eigenvalue weighted by Crippen LogP contribution is 2.21. The largest absolute Gasteiger partial charge is 0.497 e. The van der Waals surface area contributed by atoms with Gasteiger partial charge in [0.2, 0.25) is 11.8 Å². The standard InChI is InChI=1S/C17H24N2O4S/c1-12(11-24(3)22)18-17(21)14-8-16(20)19(10-14)9-13-4-6-15(23-2)7-5-13/h4-7,12,14H,8-11H2,1-3H3,(H,18,21)/t12-,14+,24+/m0/s1. The van der Waals surface area contributed by atoms with Crippen molar-refractivity contribution in [2.45, 2.75) is 25.9 Å². The van der Waals surface area contributed by atoms with Crippen LogP contribution in [0, 0.1) is 5.92 Å². The highest BCUT2D eigenvalue weighted by Gasteiger charge is 2.34. The van der Waals surface area contributed by atoms with Crippen LogP contribution in [0.2, 0.25) is 0 Å². The van der Waals surface area contributed by atoms with Crippen molar-refractivity contribution in [2.24, 2.45) is 5.92 Å². The van der Waals surface area contributed by atoms with Gasteiger partial charge in [0, 0.05) is 48.4 Å². The predicted molar refractivity (Wildman–Crippen MR) is 93.1 cm³/mol. The first-order valence-electron chi connectivity index (χ1n) is 7.90. The second kappa shape index (κ2) is 8.28. The van der Waals surface area contributed by atoms with E-state index in [0.29, 0.717) is 18.8 Å². The summed E-state index contributed by atoms with van der Waals surface area (Å²) in [5.41, 5.74) is 1.000. The third-order valence-corrected chi connectivity index (χ3v) is 4.96. The van der Waals surface area contributed by atoms with E-state index in [1.165, 1.54) is 0 Å². The molecule has 1 saturated heterocycles. The first kappa shape index (κ1) is 18.4. The normalized spacial score (nSPS) is 19.9. The Morgan fingerprint density at radius 3 is 2.67 bits per heavy atom. The van der Waals surface area contributed by atoms with Crippen molar-refractivity contribution in [1.82, 2.24) is 10.2 Å². The zero-order valence-corrected chi connectivity index (χ0v) is 15.1. The summed E-state index contributed by atoms with van der Waals surface area (Å²) >= 11 is 0. The van der Waals surface area contributed by atoms with Gasteiger partial charge in [-0.05, 0) is 24.6 Å². The minimum absolute atomic E-state index is 0.0160. The van der Waals surface area contributed by atoms with Crippen molar-refractivity contribution >= 4 is 22.6 Å². The van der Waals surface area contributed by atoms with Crippen molar-refractivity contribution in [1.29, 1.82) is 0 Å². The summed E-state index contributed by atoms with van der Waals surface area (Å²) in [5.74, 6) is 0.688. The Labute approximate surface area is 145 Å².